The topological polar surface area (TPSA) is 75.6 Å². The minimum Gasteiger partial charge on any atom is -0.479 e. The maximum Gasteiger partial charge on any atom is 0.344 e. The molecule has 2 N–H and O–H groups in total. The molecule has 0 spiro atoms. The van der Waals surface area contributed by atoms with E-state index < -0.39 is 12.1 Å². The first-order valence-electron chi connectivity index (χ1n) is 7.16. The SMILES string of the molecule is CC(Oc1ccc(C=C2C(=O)Nc3ccccc32)cc1)C(=O)O. The van der Waals surface area contributed by atoms with E-state index in [9.17, 15) is 9.59 Å². The molecule has 0 saturated heterocycles. The molecule has 1 amide bonds. The van der Waals surface area contributed by atoms with Crippen molar-refractivity contribution in [3.05, 3.63) is 59.7 Å². The molecular formula is C18H15NO4. The second-order valence-corrected chi connectivity index (χ2v) is 5.23. The van der Waals surface area contributed by atoms with Crippen LogP contribution in [0.4, 0.5) is 5.69 Å². The Morgan fingerprint density at radius 3 is 2.57 bits per heavy atom. The summed E-state index contributed by atoms with van der Waals surface area (Å²) in [6, 6.07) is 14.4. The van der Waals surface area contributed by atoms with Gasteiger partial charge in [-0.1, -0.05) is 30.3 Å². The van der Waals surface area contributed by atoms with Gasteiger partial charge in [-0.15, -0.1) is 0 Å². The first-order chi connectivity index (χ1) is 11.0. The van der Waals surface area contributed by atoms with E-state index in [0.717, 1.165) is 16.8 Å². The molecule has 2 aromatic rings. The highest BCUT2D eigenvalue weighted by atomic mass is 16.5. The molecule has 1 aliphatic rings. The third-order valence-corrected chi connectivity index (χ3v) is 3.56. The van der Waals surface area contributed by atoms with Crippen molar-refractivity contribution in [1.29, 1.82) is 0 Å². The smallest absolute Gasteiger partial charge is 0.344 e. The van der Waals surface area contributed by atoms with E-state index >= 15 is 0 Å². The fraction of sp³-hybridized carbons (Fsp3) is 0.111. The monoisotopic (exact) mass is 309 g/mol. The highest BCUT2D eigenvalue weighted by Crippen LogP contribution is 2.32. The van der Waals surface area contributed by atoms with Crippen LogP contribution in [0.3, 0.4) is 0 Å². The summed E-state index contributed by atoms with van der Waals surface area (Å²) in [5, 5.41) is 11.7. The Kier molecular flexibility index (Phi) is 3.85. The van der Waals surface area contributed by atoms with Crippen molar-refractivity contribution in [2.75, 3.05) is 5.32 Å². The lowest BCUT2D eigenvalue weighted by molar-refractivity contribution is -0.144. The predicted octanol–water partition coefficient (Wildman–Crippen LogP) is 3.03. The fourth-order valence-electron chi connectivity index (χ4n) is 2.35. The number of aliphatic carboxylic acids is 1. The average Bonchev–Trinajstić information content (AvgIpc) is 2.85. The predicted molar refractivity (Wildman–Crippen MR) is 87.1 cm³/mol. The molecular weight excluding hydrogens is 294 g/mol. The average molecular weight is 309 g/mol. The second kappa shape index (κ2) is 5.96. The molecule has 0 saturated carbocycles. The largest absolute Gasteiger partial charge is 0.479 e. The zero-order chi connectivity index (χ0) is 16.4. The van der Waals surface area contributed by atoms with Gasteiger partial charge in [0.25, 0.3) is 5.91 Å². The molecule has 0 aromatic heterocycles. The molecule has 1 unspecified atom stereocenters. The van der Waals surface area contributed by atoms with Gasteiger partial charge in [-0.05, 0) is 36.8 Å². The van der Waals surface area contributed by atoms with E-state index in [2.05, 4.69) is 5.32 Å². The number of ether oxygens (including phenoxy) is 1. The number of rotatable bonds is 4. The summed E-state index contributed by atoms with van der Waals surface area (Å²) in [4.78, 5) is 22.8. The highest BCUT2D eigenvalue weighted by molar-refractivity contribution is 6.34. The molecule has 1 heterocycles. The lowest BCUT2D eigenvalue weighted by Gasteiger charge is -2.10. The van der Waals surface area contributed by atoms with Crippen LogP contribution in [-0.4, -0.2) is 23.1 Å². The Morgan fingerprint density at radius 2 is 1.87 bits per heavy atom. The molecule has 0 radical (unpaired) electrons. The Bertz CT molecular complexity index is 793. The third kappa shape index (κ3) is 3.08. The standard InChI is InChI=1S/C18H15NO4/c1-11(18(21)22)23-13-8-6-12(7-9-13)10-15-14-4-2-3-5-16(14)19-17(15)20/h2-11H,1H3,(H,19,20)(H,21,22). The Hall–Kier alpha value is -3.08. The minimum absolute atomic E-state index is 0.133. The molecule has 5 nitrogen and oxygen atoms in total. The van der Waals surface area contributed by atoms with Crippen molar-refractivity contribution in [2.24, 2.45) is 0 Å². The number of carboxylic acids is 1. The molecule has 23 heavy (non-hydrogen) atoms. The van der Waals surface area contributed by atoms with Crippen LogP contribution in [0, 0.1) is 0 Å². The van der Waals surface area contributed by atoms with Gasteiger partial charge in [0, 0.05) is 16.8 Å². The number of amides is 1. The molecule has 116 valence electrons. The van der Waals surface area contributed by atoms with Gasteiger partial charge in [0.1, 0.15) is 5.75 Å². The van der Waals surface area contributed by atoms with Crippen LogP contribution in [0.15, 0.2) is 48.5 Å². The number of fused-ring (bicyclic) bond motifs is 1. The van der Waals surface area contributed by atoms with Crippen LogP contribution in [0.25, 0.3) is 11.6 Å². The first-order valence-corrected chi connectivity index (χ1v) is 7.16. The second-order valence-electron chi connectivity index (χ2n) is 5.23. The molecule has 3 rings (SSSR count). The number of benzene rings is 2. The van der Waals surface area contributed by atoms with Crippen LogP contribution in [-0.2, 0) is 9.59 Å². The molecule has 1 atom stereocenters. The Balaban J connectivity index is 1.83. The summed E-state index contributed by atoms with van der Waals surface area (Å²) < 4.78 is 5.28. The molecule has 0 bridgehead atoms. The number of carbonyl (C=O) groups excluding carboxylic acids is 1. The molecule has 5 heteroatoms. The van der Waals surface area contributed by atoms with E-state index in [0.29, 0.717) is 11.3 Å². The van der Waals surface area contributed by atoms with Crippen molar-refractivity contribution in [3.63, 3.8) is 0 Å². The van der Waals surface area contributed by atoms with Crippen LogP contribution in [0.2, 0.25) is 0 Å². The normalized spacial score (nSPS) is 15.9. The Labute approximate surface area is 133 Å². The van der Waals surface area contributed by atoms with Crippen molar-refractivity contribution < 1.29 is 19.4 Å². The third-order valence-electron chi connectivity index (χ3n) is 3.56. The van der Waals surface area contributed by atoms with Crippen molar-refractivity contribution in [2.45, 2.75) is 13.0 Å². The molecule has 2 aromatic carbocycles. The molecule has 1 aliphatic heterocycles. The van der Waals surface area contributed by atoms with Crippen molar-refractivity contribution in [3.8, 4) is 5.75 Å². The van der Waals surface area contributed by atoms with Crippen LogP contribution >= 0.6 is 0 Å². The van der Waals surface area contributed by atoms with E-state index in [1.54, 1.807) is 30.3 Å². The summed E-state index contributed by atoms with van der Waals surface area (Å²) in [6.45, 7) is 1.47. The summed E-state index contributed by atoms with van der Waals surface area (Å²) >= 11 is 0. The van der Waals surface area contributed by atoms with Gasteiger partial charge in [-0.2, -0.15) is 0 Å². The van der Waals surface area contributed by atoms with E-state index in [1.165, 1.54) is 6.92 Å². The summed E-state index contributed by atoms with van der Waals surface area (Å²) in [5.74, 6) is -0.681. The number of nitrogens with one attached hydrogen (secondary N) is 1. The number of hydrogen-bond donors (Lipinski definition) is 2. The number of carboxylic acid groups (broad SMARTS) is 1. The zero-order valence-corrected chi connectivity index (χ0v) is 12.4. The maximum atomic E-state index is 12.1. The van der Waals surface area contributed by atoms with Crippen LogP contribution in [0.5, 0.6) is 5.75 Å². The van der Waals surface area contributed by atoms with Gasteiger partial charge in [0.15, 0.2) is 6.10 Å². The highest BCUT2D eigenvalue weighted by Gasteiger charge is 2.23. The van der Waals surface area contributed by atoms with Crippen LogP contribution in [0.1, 0.15) is 18.1 Å². The summed E-state index contributed by atoms with van der Waals surface area (Å²) in [7, 11) is 0. The van der Waals surface area contributed by atoms with Gasteiger partial charge in [-0.3, -0.25) is 4.79 Å². The van der Waals surface area contributed by atoms with Gasteiger partial charge < -0.3 is 15.2 Å². The quantitative estimate of drug-likeness (QED) is 0.851. The van der Waals surface area contributed by atoms with E-state index in [4.69, 9.17) is 9.84 Å². The molecule has 0 fully saturated rings. The van der Waals surface area contributed by atoms with Gasteiger partial charge >= 0.3 is 5.97 Å². The van der Waals surface area contributed by atoms with Crippen molar-refractivity contribution in [1.82, 2.24) is 0 Å². The lowest BCUT2D eigenvalue weighted by Crippen LogP contribution is -2.22. The summed E-state index contributed by atoms with van der Waals surface area (Å²) in [6.07, 6.45) is 0.887. The Morgan fingerprint density at radius 1 is 1.17 bits per heavy atom. The zero-order valence-electron chi connectivity index (χ0n) is 12.4. The maximum absolute atomic E-state index is 12.1. The van der Waals surface area contributed by atoms with Crippen molar-refractivity contribution >= 4 is 29.2 Å². The number of hydrogen-bond acceptors (Lipinski definition) is 3. The van der Waals surface area contributed by atoms with Gasteiger partial charge in [0.05, 0.1) is 0 Å². The van der Waals surface area contributed by atoms with Gasteiger partial charge in [-0.25, -0.2) is 4.79 Å². The van der Waals surface area contributed by atoms with E-state index in [1.807, 2.05) is 24.3 Å². The van der Waals surface area contributed by atoms with Crippen LogP contribution < -0.4 is 10.1 Å². The summed E-state index contributed by atoms with van der Waals surface area (Å²) in [5.41, 5.74) is 3.12. The van der Waals surface area contributed by atoms with Gasteiger partial charge in [0.2, 0.25) is 0 Å². The lowest BCUT2D eigenvalue weighted by atomic mass is 10.0. The number of carbonyl (C=O) groups is 2. The fourth-order valence-corrected chi connectivity index (χ4v) is 2.35. The first kappa shape index (κ1) is 14.8. The number of para-hydroxylation sites is 1. The number of anilines is 1. The molecule has 0 aliphatic carbocycles. The minimum atomic E-state index is -1.02. The van der Waals surface area contributed by atoms with E-state index in [-0.39, 0.29) is 5.91 Å².